The monoisotopic (exact) mass is 404 g/mol. The summed E-state index contributed by atoms with van der Waals surface area (Å²) in [6.07, 6.45) is 7.73. The molecule has 6 nitrogen and oxygen atoms in total. The first-order chi connectivity index (χ1) is 14.7. The van der Waals surface area contributed by atoms with E-state index in [1.54, 1.807) is 13.3 Å². The average Bonchev–Trinajstić information content (AvgIpc) is 3.20. The van der Waals surface area contributed by atoms with Crippen LogP contribution in [0.25, 0.3) is 10.9 Å². The summed E-state index contributed by atoms with van der Waals surface area (Å²) in [5.74, 6) is 0.970. The number of piperidine rings is 2. The van der Waals surface area contributed by atoms with Gasteiger partial charge >= 0.3 is 0 Å². The van der Waals surface area contributed by atoms with Crippen molar-refractivity contribution in [1.29, 1.82) is 0 Å². The molecule has 0 aliphatic carbocycles. The van der Waals surface area contributed by atoms with Gasteiger partial charge in [-0.05, 0) is 43.4 Å². The van der Waals surface area contributed by atoms with Crippen LogP contribution in [0, 0.1) is 5.41 Å². The van der Waals surface area contributed by atoms with E-state index in [-0.39, 0.29) is 5.41 Å². The van der Waals surface area contributed by atoms with Gasteiger partial charge in [-0.1, -0.05) is 18.2 Å². The second-order valence-corrected chi connectivity index (χ2v) is 8.51. The van der Waals surface area contributed by atoms with Crippen molar-refractivity contribution in [3.8, 4) is 5.88 Å². The Balaban J connectivity index is 1.30. The Morgan fingerprint density at radius 2 is 1.97 bits per heavy atom. The maximum atomic E-state index is 13.6. The molecular formula is C24H28N4O2. The lowest BCUT2D eigenvalue weighted by molar-refractivity contribution is -0.148. The largest absolute Gasteiger partial charge is 0.481 e. The number of amides is 1. The predicted molar refractivity (Wildman–Crippen MR) is 118 cm³/mol. The molecule has 5 rings (SSSR count). The topological polar surface area (TPSA) is 61.5 Å². The summed E-state index contributed by atoms with van der Waals surface area (Å²) in [5.41, 5.74) is 3.25. The molecular weight excluding hydrogens is 376 g/mol. The Kier molecular flexibility index (Phi) is 4.85. The molecule has 2 fully saturated rings. The van der Waals surface area contributed by atoms with E-state index in [2.05, 4.69) is 44.2 Å². The van der Waals surface area contributed by atoms with Crippen molar-refractivity contribution in [2.24, 2.45) is 5.41 Å². The van der Waals surface area contributed by atoms with Crippen LogP contribution in [0.1, 0.15) is 31.2 Å². The maximum Gasteiger partial charge on any atom is 0.229 e. The van der Waals surface area contributed by atoms with E-state index in [1.807, 2.05) is 18.2 Å². The van der Waals surface area contributed by atoms with Crippen LogP contribution in [0.5, 0.6) is 5.88 Å². The summed E-state index contributed by atoms with van der Waals surface area (Å²) in [6.45, 7) is 3.32. The van der Waals surface area contributed by atoms with Gasteiger partial charge in [-0.25, -0.2) is 4.98 Å². The van der Waals surface area contributed by atoms with E-state index in [9.17, 15) is 4.79 Å². The number of ether oxygens (including phenoxy) is 1. The van der Waals surface area contributed by atoms with Crippen molar-refractivity contribution < 1.29 is 9.53 Å². The number of benzene rings is 1. The molecule has 156 valence electrons. The van der Waals surface area contributed by atoms with Crippen LogP contribution >= 0.6 is 0 Å². The van der Waals surface area contributed by atoms with Crippen molar-refractivity contribution in [3.63, 3.8) is 0 Å². The molecule has 1 N–H and O–H groups in total. The number of aromatic nitrogens is 2. The van der Waals surface area contributed by atoms with Crippen LogP contribution in [0.2, 0.25) is 0 Å². The third kappa shape index (κ3) is 3.30. The van der Waals surface area contributed by atoms with Gasteiger partial charge in [0, 0.05) is 61.2 Å². The van der Waals surface area contributed by atoms with Gasteiger partial charge in [0.25, 0.3) is 0 Å². The molecule has 1 amide bonds. The number of rotatable bonds is 4. The number of H-pyrrole nitrogens is 1. The quantitative estimate of drug-likeness (QED) is 0.715. The average molecular weight is 405 g/mol. The first-order valence-electron chi connectivity index (χ1n) is 10.8. The van der Waals surface area contributed by atoms with Gasteiger partial charge in [-0.2, -0.15) is 0 Å². The highest BCUT2D eigenvalue weighted by Gasteiger charge is 2.45. The van der Waals surface area contributed by atoms with Gasteiger partial charge in [0.1, 0.15) is 0 Å². The number of para-hydroxylation sites is 1. The standard InChI is InChI=1S/C24H28N4O2/c1-30-22-15-19(7-11-25-22)27-13-9-24(10-14-27)8-4-12-28(23(24)29)17-18-16-26-21-6-3-2-5-20(18)21/h2-3,5-7,11,15-16,26H,4,8-10,12-14,17H2,1H3. The molecule has 3 aromatic rings. The molecule has 6 heteroatoms. The lowest BCUT2D eigenvalue weighted by Gasteiger charge is -2.47. The SMILES string of the molecule is COc1cc(N2CCC3(CCCN(Cc4c[nH]c5ccccc45)C3=O)CC2)ccn1. The van der Waals surface area contributed by atoms with Crippen LogP contribution in [-0.2, 0) is 11.3 Å². The highest BCUT2D eigenvalue weighted by molar-refractivity contribution is 5.86. The fourth-order valence-corrected chi connectivity index (χ4v) is 5.14. The molecule has 1 spiro atoms. The Hall–Kier alpha value is -3.02. The van der Waals surface area contributed by atoms with Crippen molar-refractivity contribution in [2.45, 2.75) is 32.2 Å². The molecule has 0 radical (unpaired) electrons. The van der Waals surface area contributed by atoms with Crippen molar-refractivity contribution in [2.75, 3.05) is 31.6 Å². The number of likely N-dealkylation sites (tertiary alicyclic amines) is 1. The highest BCUT2D eigenvalue weighted by Crippen LogP contribution is 2.42. The van der Waals surface area contributed by atoms with E-state index in [1.165, 1.54) is 10.9 Å². The molecule has 2 aliphatic heterocycles. The van der Waals surface area contributed by atoms with Crippen molar-refractivity contribution in [3.05, 3.63) is 54.4 Å². The predicted octanol–water partition coefficient (Wildman–Crippen LogP) is 3.98. The molecule has 0 atom stereocenters. The van der Waals surface area contributed by atoms with Gasteiger partial charge in [-0.15, -0.1) is 0 Å². The summed E-state index contributed by atoms with van der Waals surface area (Å²) in [4.78, 5) is 25.6. The second-order valence-electron chi connectivity index (χ2n) is 8.51. The molecule has 1 aromatic carbocycles. The fourth-order valence-electron chi connectivity index (χ4n) is 5.14. The number of hydrogen-bond donors (Lipinski definition) is 1. The van der Waals surface area contributed by atoms with Gasteiger partial charge in [0.15, 0.2) is 0 Å². The third-order valence-electron chi connectivity index (χ3n) is 6.87. The first kappa shape index (κ1) is 19.0. The number of aromatic amines is 1. The number of hydrogen-bond acceptors (Lipinski definition) is 4. The summed E-state index contributed by atoms with van der Waals surface area (Å²) < 4.78 is 5.27. The molecule has 0 saturated carbocycles. The van der Waals surface area contributed by atoms with E-state index < -0.39 is 0 Å². The zero-order valence-corrected chi connectivity index (χ0v) is 17.4. The van der Waals surface area contributed by atoms with Crippen molar-refractivity contribution in [1.82, 2.24) is 14.9 Å². The van der Waals surface area contributed by atoms with Crippen LogP contribution in [0.15, 0.2) is 48.8 Å². The number of fused-ring (bicyclic) bond motifs is 1. The zero-order valence-electron chi connectivity index (χ0n) is 17.4. The Labute approximate surface area is 176 Å². The minimum atomic E-state index is -0.210. The number of carbonyl (C=O) groups excluding carboxylic acids is 1. The second kappa shape index (κ2) is 7.67. The molecule has 2 aromatic heterocycles. The first-order valence-corrected chi connectivity index (χ1v) is 10.8. The lowest BCUT2D eigenvalue weighted by atomic mass is 9.71. The fraction of sp³-hybridized carbons (Fsp3) is 0.417. The van der Waals surface area contributed by atoms with Crippen LogP contribution in [0.4, 0.5) is 5.69 Å². The summed E-state index contributed by atoms with van der Waals surface area (Å²) in [7, 11) is 1.64. The number of carbonyl (C=O) groups is 1. The Morgan fingerprint density at radius 1 is 1.13 bits per heavy atom. The molecule has 0 bridgehead atoms. The van der Waals surface area contributed by atoms with E-state index in [0.717, 1.165) is 56.5 Å². The van der Waals surface area contributed by atoms with E-state index in [0.29, 0.717) is 18.3 Å². The molecule has 4 heterocycles. The van der Waals surface area contributed by atoms with E-state index in [4.69, 9.17) is 4.74 Å². The molecule has 0 unspecified atom stereocenters. The highest BCUT2D eigenvalue weighted by atomic mass is 16.5. The number of nitrogens with one attached hydrogen (secondary N) is 1. The third-order valence-corrected chi connectivity index (χ3v) is 6.87. The summed E-state index contributed by atoms with van der Waals surface area (Å²) in [6, 6.07) is 12.3. The van der Waals surface area contributed by atoms with E-state index >= 15 is 0 Å². The minimum Gasteiger partial charge on any atom is -0.481 e. The minimum absolute atomic E-state index is 0.210. The number of anilines is 1. The number of nitrogens with zero attached hydrogens (tertiary/aromatic N) is 3. The van der Waals surface area contributed by atoms with Crippen LogP contribution < -0.4 is 9.64 Å². The van der Waals surface area contributed by atoms with Crippen LogP contribution in [-0.4, -0.2) is 47.5 Å². The molecule has 2 saturated heterocycles. The summed E-state index contributed by atoms with van der Waals surface area (Å²) >= 11 is 0. The molecule has 2 aliphatic rings. The molecule has 30 heavy (non-hydrogen) atoms. The number of methoxy groups -OCH3 is 1. The Morgan fingerprint density at radius 3 is 2.80 bits per heavy atom. The number of pyridine rings is 1. The maximum absolute atomic E-state index is 13.6. The Bertz CT molecular complexity index is 1050. The van der Waals surface area contributed by atoms with Gasteiger partial charge in [0.05, 0.1) is 12.5 Å². The van der Waals surface area contributed by atoms with Crippen LogP contribution in [0.3, 0.4) is 0 Å². The zero-order chi connectivity index (χ0) is 20.6. The summed E-state index contributed by atoms with van der Waals surface area (Å²) in [5, 5.41) is 1.21. The van der Waals surface area contributed by atoms with Gasteiger partial charge in [0.2, 0.25) is 11.8 Å². The normalized spacial score (nSPS) is 18.9. The lowest BCUT2D eigenvalue weighted by Crippen LogP contribution is -2.53. The van der Waals surface area contributed by atoms with Gasteiger partial charge in [-0.3, -0.25) is 4.79 Å². The van der Waals surface area contributed by atoms with Gasteiger partial charge < -0.3 is 19.5 Å². The smallest absolute Gasteiger partial charge is 0.229 e. The van der Waals surface area contributed by atoms with Crippen molar-refractivity contribution >= 4 is 22.5 Å².